The molecule has 0 spiro atoms. The Kier molecular flexibility index (Phi) is 8.63. The lowest BCUT2D eigenvalue weighted by Gasteiger charge is -2.18. The van der Waals surface area contributed by atoms with E-state index in [2.05, 4.69) is 50.0 Å². The number of carbonyl (C=O) groups excluding carboxylic acids is 1. The van der Waals surface area contributed by atoms with Crippen LogP contribution in [-0.2, 0) is 11.2 Å². The molecule has 0 saturated heterocycles. The summed E-state index contributed by atoms with van der Waals surface area (Å²) in [6.45, 7) is 10.1. The van der Waals surface area contributed by atoms with Crippen LogP contribution in [0.15, 0.2) is 67.2 Å². The Morgan fingerprint density at radius 3 is 2.43 bits per heavy atom. The van der Waals surface area contributed by atoms with Crippen LogP contribution < -0.4 is 5.32 Å². The van der Waals surface area contributed by atoms with Crippen molar-refractivity contribution in [3.63, 3.8) is 0 Å². The number of halogens is 2. The largest absolute Gasteiger partial charge is 0.379 e. The lowest BCUT2D eigenvalue weighted by molar-refractivity contribution is -0.117. The number of nitrogens with zero attached hydrogens (tertiary/aromatic N) is 2. The molecule has 0 radical (unpaired) electrons. The van der Waals surface area contributed by atoms with Gasteiger partial charge >= 0.3 is 0 Å². The molecule has 3 aromatic carbocycles. The van der Waals surface area contributed by atoms with Crippen molar-refractivity contribution < 1.29 is 4.79 Å². The Morgan fingerprint density at radius 2 is 1.73 bits per heavy atom. The van der Waals surface area contributed by atoms with Crippen LogP contribution in [0.1, 0.15) is 61.5 Å². The van der Waals surface area contributed by atoms with E-state index >= 15 is 0 Å². The highest BCUT2D eigenvalue weighted by Crippen LogP contribution is 2.33. The number of unbranched alkanes of at least 4 members (excludes halogenated alkanes) is 1. The van der Waals surface area contributed by atoms with Crippen LogP contribution >= 0.6 is 23.2 Å². The Labute approximate surface area is 228 Å². The Balaban J connectivity index is 1.65. The Hall–Kier alpha value is -3.21. The van der Waals surface area contributed by atoms with Crippen LogP contribution in [0.2, 0.25) is 10.0 Å². The van der Waals surface area contributed by atoms with E-state index in [9.17, 15) is 4.79 Å². The van der Waals surface area contributed by atoms with Gasteiger partial charge in [0.05, 0.1) is 27.4 Å². The molecule has 1 aromatic heterocycles. The molecule has 190 valence electrons. The molecule has 0 bridgehead atoms. The molecule has 1 unspecified atom stereocenters. The van der Waals surface area contributed by atoms with Gasteiger partial charge in [-0.05, 0) is 81.5 Å². The lowest BCUT2D eigenvalue weighted by atomic mass is 10.0. The van der Waals surface area contributed by atoms with E-state index in [4.69, 9.17) is 33.2 Å². The van der Waals surface area contributed by atoms with Gasteiger partial charge in [0, 0.05) is 28.7 Å². The van der Waals surface area contributed by atoms with Gasteiger partial charge in [0.1, 0.15) is 5.78 Å². The maximum atomic E-state index is 11.4. The van der Waals surface area contributed by atoms with E-state index in [0.717, 1.165) is 52.1 Å². The number of fused-ring (bicyclic) bond motifs is 1. The van der Waals surface area contributed by atoms with E-state index in [1.807, 2.05) is 30.3 Å². The zero-order valence-corrected chi connectivity index (χ0v) is 23.0. The zero-order valence-electron chi connectivity index (χ0n) is 21.4. The van der Waals surface area contributed by atoms with Crippen molar-refractivity contribution in [3.05, 3.63) is 99.7 Å². The van der Waals surface area contributed by atoms with Crippen molar-refractivity contribution in [3.8, 4) is 11.3 Å². The highest BCUT2D eigenvalue weighted by molar-refractivity contribution is 6.36. The van der Waals surface area contributed by atoms with Crippen molar-refractivity contribution >= 4 is 45.7 Å². The summed E-state index contributed by atoms with van der Waals surface area (Å²) in [5.41, 5.74) is 8.17. The summed E-state index contributed by atoms with van der Waals surface area (Å²) in [6, 6.07) is 20.0. The number of aryl methyl sites for hydroxylation is 2. The first-order chi connectivity index (χ1) is 17.7. The fourth-order valence-corrected chi connectivity index (χ4v) is 4.80. The second kappa shape index (κ2) is 11.9. The van der Waals surface area contributed by atoms with Crippen LogP contribution in [0, 0.1) is 6.92 Å². The third kappa shape index (κ3) is 6.76. The monoisotopic (exact) mass is 531 g/mol. The van der Waals surface area contributed by atoms with Gasteiger partial charge < -0.3 is 10.1 Å². The van der Waals surface area contributed by atoms with Crippen LogP contribution in [0.5, 0.6) is 0 Å². The molecule has 1 N–H and O–H groups in total. The molecule has 0 saturated carbocycles. The molecule has 0 aliphatic rings. The maximum Gasteiger partial charge on any atom is 0.129 e. The third-order valence-electron chi connectivity index (χ3n) is 6.43. The van der Waals surface area contributed by atoms with Crippen molar-refractivity contribution in [2.75, 3.05) is 0 Å². The molecule has 37 heavy (non-hydrogen) atoms. The van der Waals surface area contributed by atoms with E-state index in [1.54, 1.807) is 13.0 Å². The van der Waals surface area contributed by atoms with E-state index in [0.29, 0.717) is 22.9 Å². The van der Waals surface area contributed by atoms with Gasteiger partial charge in [-0.15, -0.1) is 0 Å². The summed E-state index contributed by atoms with van der Waals surface area (Å²) in [5, 5.41) is 4.61. The highest BCUT2D eigenvalue weighted by atomic mass is 35.5. The van der Waals surface area contributed by atoms with Gasteiger partial charge in [0.2, 0.25) is 0 Å². The van der Waals surface area contributed by atoms with Gasteiger partial charge in [-0.1, -0.05) is 65.7 Å². The summed E-state index contributed by atoms with van der Waals surface area (Å²) in [4.78, 5) is 21.4. The van der Waals surface area contributed by atoms with Crippen LogP contribution in [0.4, 0.5) is 0 Å². The number of carbonyl (C=O) groups is 1. The quantitative estimate of drug-likeness (QED) is 0.208. The van der Waals surface area contributed by atoms with Gasteiger partial charge in [-0.25, -0.2) is 9.97 Å². The lowest BCUT2D eigenvalue weighted by Crippen LogP contribution is -2.16. The van der Waals surface area contributed by atoms with E-state index < -0.39 is 0 Å². The van der Waals surface area contributed by atoms with Crippen molar-refractivity contribution in [1.82, 2.24) is 15.3 Å². The molecule has 4 aromatic rings. The summed E-state index contributed by atoms with van der Waals surface area (Å²) in [6.07, 6.45) is 2.89. The number of ketones is 1. The van der Waals surface area contributed by atoms with Crippen molar-refractivity contribution in [2.45, 2.75) is 52.5 Å². The minimum Gasteiger partial charge on any atom is -0.379 e. The predicted octanol–water partition coefficient (Wildman–Crippen LogP) is 8.54. The molecule has 4 nitrogen and oxygen atoms in total. The number of benzene rings is 3. The topological polar surface area (TPSA) is 54.9 Å². The molecule has 6 heteroatoms. The van der Waals surface area contributed by atoms with Gasteiger partial charge in [0.25, 0.3) is 0 Å². The SMILES string of the molecule is C=C(NC(C)c1ccc(C)cc1)c1ccc2nc(-c3ccc(Cl)cc3Cl)c(CCCCC(C)=O)nc2c1. The fourth-order valence-electron chi connectivity index (χ4n) is 4.30. The number of rotatable bonds is 10. The van der Waals surface area contributed by atoms with Crippen LogP contribution in [-0.4, -0.2) is 15.8 Å². The van der Waals surface area contributed by atoms with E-state index in [-0.39, 0.29) is 11.8 Å². The molecule has 0 amide bonds. The fraction of sp³-hybridized carbons (Fsp3) is 0.258. The smallest absolute Gasteiger partial charge is 0.129 e. The second-order valence-corrected chi connectivity index (χ2v) is 10.4. The molecule has 1 heterocycles. The number of hydrogen-bond donors (Lipinski definition) is 1. The molecule has 0 aliphatic carbocycles. The molecular formula is C31H31Cl2N3O. The number of nitrogens with one attached hydrogen (secondary N) is 1. The molecule has 1 atom stereocenters. The first kappa shape index (κ1) is 26.8. The summed E-state index contributed by atoms with van der Waals surface area (Å²) in [5.74, 6) is 0.195. The Morgan fingerprint density at radius 1 is 0.973 bits per heavy atom. The minimum atomic E-state index is 0.112. The number of Topliss-reactive ketones (excluding diaryl/α,β-unsaturated/α-hetero) is 1. The molecule has 4 rings (SSSR count). The molecule has 0 aliphatic heterocycles. The third-order valence-corrected chi connectivity index (χ3v) is 6.98. The van der Waals surface area contributed by atoms with Crippen molar-refractivity contribution in [2.24, 2.45) is 0 Å². The predicted molar refractivity (Wildman–Crippen MR) is 155 cm³/mol. The average molecular weight is 533 g/mol. The van der Waals surface area contributed by atoms with Crippen molar-refractivity contribution in [1.29, 1.82) is 0 Å². The highest BCUT2D eigenvalue weighted by Gasteiger charge is 2.16. The standard InChI is InChI=1S/C31H31Cl2N3O/c1-19-9-11-23(12-10-19)21(3)34-22(4)24-13-16-28-30(17-24)35-29(8-6-5-7-20(2)37)31(36-28)26-15-14-25(32)18-27(26)33/h9-18,21,34H,4-8H2,1-3H3. The Bertz CT molecular complexity index is 1450. The number of aromatic nitrogens is 2. The maximum absolute atomic E-state index is 11.4. The molecule has 0 fully saturated rings. The summed E-state index contributed by atoms with van der Waals surface area (Å²) in [7, 11) is 0. The van der Waals surface area contributed by atoms with Gasteiger partial charge in [-0.3, -0.25) is 0 Å². The average Bonchev–Trinajstić information content (AvgIpc) is 2.86. The summed E-state index contributed by atoms with van der Waals surface area (Å²) >= 11 is 12.7. The minimum absolute atomic E-state index is 0.112. The van der Waals surface area contributed by atoms with E-state index in [1.165, 1.54) is 11.1 Å². The molecular weight excluding hydrogens is 501 g/mol. The first-order valence-electron chi connectivity index (χ1n) is 12.5. The van der Waals surface area contributed by atoms with Gasteiger partial charge in [-0.2, -0.15) is 0 Å². The van der Waals surface area contributed by atoms with Crippen LogP contribution in [0.25, 0.3) is 28.0 Å². The first-order valence-corrected chi connectivity index (χ1v) is 13.2. The second-order valence-electron chi connectivity index (χ2n) is 9.51. The van der Waals surface area contributed by atoms with Crippen LogP contribution in [0.3, 0.4) is 0 Å². The summed E-state index contributed by atoms with van der Waals surface area (Å²) < 4.78 is 0. The normalized spacial score (nSPS) is 11.9. The number of hydrogen-bond acceptors (Lipinski definition) is 4. The van der Waals surface area contributed by atoms with Gasteiger partial charge in [0.15, 0.2) is 0 Å². The zero-order chi connectivity index (χ0) is 26.5.